The highest BCUT2D eigenvalue weighted by atomic mass is 35.5. The third kappa shape index (κ3) is 3.95. The van der Waals surface area contributed by atoms with Gasteiger partial charge in [0, 0.05) is 18.8 Å². The molecule has 0 aliphatic carbocycles. The van der Waals surface area contributed by atoms with Crippen LogP contribution in [-0.4, -0.2) is 19.0 Å². The molecule has 20 heavy (non-hydrogen) atoms. The SMILES string of the molecule is CN(C)Cc1ccccc1NCc1ccc(Cl)c(F)c1. The Morgan fingerprint density at radius 1 is 1.15 bits per heavy atom. The van der Waals surface area contributed by atoms with Crippen LogP contribution in [-0.2, 0) is 13.1 Å². The summed E-state index contributed by atoms with van der Waals surface area (Å²) in [6, 6.07) is 13.0. The van der Waals surface area contributed by atoms with Crippen molar-refractivity contribution in [2.75, 3.05) is 19.4 Å². The average molecular weight is 293 g/mol. The van der Waals surface area contributed by atoms with Gasteiger partial charge in [0.25, 0.3) is 0 Å². The zero-order valence-corrected chi connectivity index (χ0v) is 12.4. The van der Waals surface area contributed by atoms with E-state index in [0.29, 0.717) is 6.54 Å². The minimum absolute atomic E-state index is 0.154. The highest BCUT2D eigenvalue weighted by Crippen LogP contribution is 2.19. The van der Waals surface area contributed by atoms with Crippen LogP contribution in [0.5, 0.6) is 0 Å². The molecule has 2 aromatic rings. The van der Waals surface area contributed by atoms with Crippen molar-refractivity contribution >= 4 is 17.3 Å². The van der Waals surface area contributed by atoms with Gasteiger partial charge in [-0.25, -0.2) is 4.39 Å². The van der Waals surface area contributed by atoms with Crippen LogP contribution in [0.3, 0.4) is 0 Å². The van der Waals surface area contributed by atoms with Crippen LogP contribution in [0.2, 0.25) is 5.02 Å². The molecule has 0 saturated heterocycles. The lowest BCUT2D eigenvalue weighted by molar-refractivity contribution is 0.403. The smallest absolute Gasteiger partial charge is 0.142 e. The number of halogens is 2. The highest BCUT2D eigenvalue weighted by Gasteiger charge is 2.04. The summed E-state index contributed by atoms with van der Waals surface area (Å²) in [6.07, 6.45) is 0. The van der Waals surface area contributed by atoms with Crippen molar-refractivity contribution < 1.29 is 4.39 Å². The first kappa shape index (κ1) is 14.8. The topological polar surface area (TPSA) is 15.3 Å². The molecule has 4 heteroatoms. The van der Waals surface area contributed by atoms with E-state index in [0.717, 1.165) is 17.8 Å². The molecular formula is C16H18ClFN2. The Hall–Kier alpha value is -1.58. The first-order valence-corrected chi connectivity index (χ1v) is 6.84. The van der Waals surface area contributed by atoms with Gasteiger partial charge in [-0.05, 0) is 43.4 Å². The Bertz CT molecular complexity index is 584. The molecule has 0 spiro atoms. The fraction of sp³-hybridized carbons (Fsp3) is 0.250. The van der Waals surface area contributed by atoms with Crippen LogP contribution < -0.4 is 5.32 Å². The van der Waals surface area contributed by atoms with Crippen molar-refractivity contribution in [3.63, 3.8) is 0 Å². The Labute approximate surface area is 124 Å². The normalized spacial score (nSPS) is 10.8. The van der Waals surface area contributed by atoms with Crippen LogP contribution in [0.25, 0.3) is 0 Å². The maximum Gasteiger partial charge on any atom is 0.142 e. The fourth-order valence-electron chi connectivity index (χ4n) is 2.02. The van der Waals surface area contributed by atoms with Gasteiger partial charge in [0.15, 0.2) is 0 Å². The van der Waals surface area contributed by atoms with Gasteiger partial charge in [0.2, 0.25) is 0 Å². The van der Waals surface area contributed by atoms with E-state index in [1.807, 2.05) is 38.4 Å². The molecule has 0 aliphatic rings. The molecule has 0 aliphatic heterocycles. The number of rotatable bonds is 5. The van der Waals surface area contributed by atoms with Crippen LogP contribution in [0.15, 0.2) is 42.5 Å². The van der Waals surface area contributed by atoms with Crippen LogP contribution in [0.1, 0.15) is 11.1 Å². The van der Waals surface area contributed by atoms with Gasteiger partial charge >= 0.3 is 0 Å². The quantitative estimate of drug-likeness (QED) is 0.890. The number of para-hydroxylation sites is 1. The van der Waals surface area contributed by atoms with Crippen molar-refractivity contribution in [3.05, 3.63) is 64.4 Å². The van der Waals surface area contributed by atoms with Crippen molar-refractivity contribution in [1.29, 1.82) is 0 Å². The molecule has 0 bridgehead atoms. The summed E-state index contributed by atoms with van der Waals surface area (Å²) >= 11 is 5.68. The number of nitrogens with one attached hydrogen (secondary N) is 1. The predicted molar refractivity (Wildman–Crippen MR) is 82.6 cm³/mol. The molecule has 0 radical (unpaired) electrons. The summed E-state index contributed by atoms with van der Waals surface area (Å²) in [5, 5.41) is 3.50. The molecule has 0 amide bonds. The molecule has 0 heterocycles. The average Bonchev–Trinajstić information content (AvgIpc) is 2.41. The van der Waals surface area contributed by atoms with Crippen LogP contribution >= 0.6 is 11.6 Å². The summed E-state index contributed by atoms with van der Waals surface area (Å²) in [6.45, 7) is 1.43. The Morgan fingerprint density at radius 3 is 2.60 bits per heavy atom. The summed E-state index contributed by atoms with van der Waals surface area (Å²) in [5.41, 5.74) is 3.15. The second-order valence-electron chi connectivity index (χ2n) is 5.00. The third-order valence-corrected chi connectivity index (χ3v) is 3.28. The minimum Gasteiger partial charge on any atom is -0.381 e. The lowest BCUT2D eigenvalue weighted by atomic mass is 10.1. The molecule has 0 unspecified atom stereocenters. The molecule has 2 nitrogen and oxygen atoms in total. The summed E-state index contributed by atoms with van der Waals surface area (Å²) in [5.74, 6) is -0.382. The molecule has 0 atom stereocenters. The van der Waals surface area contributed by atoms with Gasteiger partial charge in [0.1, 0.15) is 5.82 Å². The van der Waals surface area contributed by atoms with E-state index in [9.17, 15) is 4.39 Å². The summed E-state index contributed by atoms with van der Waals surface area (Å²) < 4.78 is 13.4. The van der Waals surface area contributed by atoms with Gasteiger partial charge in [-0.1, -0.05) is 35.9 Å². The first-order valence-electron chi connectivity index (χ1n) is 6.46. The largest absolute Gasteiger partial charge is 0.381 e. The third-order valence-electron chi connectivity index (χ3n) is 2.97. The number of nitrogens with zero attached hydrogens (tertiary/aromatic N) is 1. The van der Waals surface area contributed by atoms with E-state index in [2.05, 4.69) is 16.3 Å². The standard InChI is InChI=1S/C16H18ClFN2/c1-20(2)11-13-5-3-4-6-16(13)19-10-12-7-8-14(17)15(18)9-12/h3-9,19H,10-11H2,1-2H3. The predicted octanol–water partition coefficient (Wildman–Crippen LogP) is 4.15. The van der Waals surface area contributed by atoms with E-state index < -0.39 is 0 Å². The van der Waals surface area contributed by atoms with Gasteiger partial charge in [-0.2, -0.15) is 0 Å². The second-order valence-corrected chi connectivity index (χ2v) is 5.40. The Kier molecular flexibility index (Phi) is 4.99. The molecule has 0 fully saturated rings. The van der Waals surface area contributed by atoms with Gasteiger partial charge < -0.3 is 10.2 Å². The Balaban J connectivity index is 2.08. The number of hydrogen-bond donors (Lipinski definition) is 1. The van der Waals surface area contributed by atoms with Gasteiger partial charge in [-0.3, -0.25) is 0 Å². The molecule has 106 valence electrons. The summed E-state index contributed by atoms with van der Waals surface area (Å²) in [4.78, 5) is 2.11. The molecule has 0 aromatic heterocycles. The molecule has 0 saturated carbocycles. The van der Waals surface area contributed by atoms with Crippen molar-refractivity contribution in [2.24, 2.45) is 0 Å². The van der Waals surface area contributed by atoms with E-state index in [-0.39, 0.29) is 10.8 Å². The van der Waals surface area contributed by atoms with Crippen LogP contribution in [0.4, 0.5) is 10.1 Å². The van der Waals surface area contributed by atoms with E-state index in [1.54, 1.807) is 6.07 Å². The number of anilines is 1. The lowest BCUT2D eigenvalue weighted by Gasteiger charge is -2.15. The maximum atomic E-state index is 13.4. The maximum absolute atomic E-state index is 13.4. The Morgan fingerprint density at radius 2 is 1.90 bits per heavy atom. The zero-order chi connectivity index (χ0) is 14.5. The summed E-state index contributed by atoms with van der Waals surface area (Å²) in [7, 11) is 4.07. The van der Waals surface area contributed by atoms with E-state index in [1.165, 1.54) is 11.6 Å². The van der Waals surface area contributed by atoms with Crippen LogP contribution in [0, 0.1) is 5.82 Å². The monoisotopic (exact) mass is 292 g/mol. The van der Waals surface area contributed by atoms with Crippen molar-refractivity contribution in [2.45, 2.75) is 13.1 Å². The highest BCUT2D eigenvalue weighted by molar-refractivity contribution is 6.30. The molecular weight excluding hydrogens is 275 g/mol. The number of benzene rings is 2. The van der Waals surface area contributed by atoms with Gasteiger partial charge in [0.05, 0.1) is 5.02 Å². The fourth-order valence-corrected chi connectivity index (χ4v) is 2.14. The number of hydrogen-bond acceptors (Lipinski definition) is 2. The van der Waals surface area contributed by atoms with Crippen molar-refractivity contribution in [3.8, 4) is 0 Å². The first-order chi connectivity index (χ1) is 9.56. The lowest BCUT2D eigenvalue weighted by Crippen LogP contribution is -2.12. The molecule has 2 aromatic carbocycles. The molecule has 2 rings (SSSR count). The molecule has 1 N–H and O–H groups in total. The minimum atomic E-state index is -0.382. The van der Waals surface area contributed by atoms with E-state index in [4.69, 9.17) is 11.6 Å². The van der Waals surface area contributed by atoms with Crippen molar-refractivity contribution in [1.82, 2.24) is 4.90 Å². The van der Waals surface area contributed by atoms with E-state index >= 15 is 0 Å². The zero-order valence-electron chi connectivity index (χ0n) is 11.7. The van der Waals surface area contributed by atoms with Gasteiger partial charge in [-0.15, -0.1) is 0 Å². The second kappa shape index (κ2) is 6.73.